The van der Waals surface area contributed by atoms with Gasteiger partial charge in [0.25, 0.3) is 0 Å². The summed E-state index contributed by atoms with van der Waals surface area (Å²) >= 11 is 0. The fourth-order valence-electron chi connectivity index (χ4n) is 4.28. The van der Waals surface area contributed by atoms with Gasteiger partial charge in [-0.3, -0.25) is 0 Å². The average Bonchev–Trinajstić information content (AvgIpc) is 3.02. The summed E-state index contributed by atoms with van der Waals surface area (Å²) in [4.78, 5) is 26.6. The molecule has 0 saturated carbocycles. The minimum atomic E-state index is -0.218. The van der Waals surface area contributed by atoms with E-state index in [-0.39, 0.29) is 12.1 Å². The van der Waals surface area contributed by atoms with E-state index in [1.807, 2.05) is 35.4 Å². The molecule has 1 aliphatic heterocycles. The third-order valence-electron chi connectivity index (χ3n) is 6.10. The van der Waals surface area contributed by atoms with Crippen molar-refractivity contribution in [2.45, 2.75) is 44.6 Å². The molecule has 4 N–H and O–H groups in total. The number of nitrogens with two attached hydrogens (primary N) is 1. The standard InChI is InChI=1S/C24H32N6O2/c25-15-18-5-4-6-19(9-8-18)16-32-24(31)30-14-3-1-2-7-20(30)10-12-26-22-21-11-13-27-23(21)29-17-28-22/h4-5,8-9,11,13,17,20H,1-3,6-7,10,12,14-16,25H2,(H2,26,27,28,29). The number of rotatable bonds is 7. The smallest absolute Gasteiger partial charge is 0.410 e. The maximum Gasteiger partial charge on any atom is 0.410 e. The summed E-state index contributed by atoms with van der Waals surface area (Å²) in [6, 6.07) is 2.13. The number of hydrogen-bond acceptors (Lipinski definition) is 6. The number of aromatic nitrogens is 3. The van der Waals surface area contributed by atoms with Crippen molar-refractivity contribution in [2.24, 2.45) is 5.73 Å². The highest BCUT2D eigenvalue weighted by molar-refractivity contribution is 5.86. The van der Waals surface area contributed by atoms with Gasteiger partial charge in [0.1, 0.15) is 24.4 Å². The monoisotopic (exact) mass is 436 g/mol. The van der Waals surface area contributed by atoms with E-state index < -0.39 is 0 Å². The molecule has 0 bridgehead atoms. The van der Waals surface area contributed by atoms with Crippen molar-refractivity contribution in [3.05, 3.63) is 54.0 Å². The number of carbonyl (C=O) groups excluding carboxylic acids is 1. The fourth-order valence-corrected chi connectivity index (χ4v) is 4.28. The fraction of sp³-hybridized carbons (Fsp3) is 0.458. The number of nitrogens with one attached hydrogen (secondary N) is 2. The van der Waals surface area contributed by atoms with Gasteiger partial charge >= 0.3 is 6.09 Å². The average molecular weight is 437 g/mol. The van der Waals surface area contributed by atoms with E-state index in [2.05, 4.69) is 26.3 Å². The summed E-state index contributed by atoms with van der Waals surface area (Å²) in [7, 11) is 0. The summed E-state index contributed by atoms with van der Waals surface area (Å²) < 4.78 is 5.72. The van der Waals surface area contributed by atoms with Crippen LogP contribution in [0.3, 0.4) is 0 Å². The molecule has 170 valence electrons. The number of anilines is 1. The number of amides is 1. The van der Waals surface area contributed by atoms with E-state index in [0.29, 0.717) is 13.2 Å². The van der Waals surface area contributed by atoms with Gasteiger partial charge in [-0.2, -0.15) is 0 Å². The lowest BCUT2D eigenvalue weighted by Gasteiger charge is -2.29. The van der Waals surface area contributed by atoms with Crippen LogP contribution in [0.4, 0.5) is 10.6 Å². The number of ether oxygens (including phenoxy) is 1. The summed E-state index contributed by atoms with van der Waals surface area (Å²) in [5.74, 6) is 0.817. The molecule has 32 heavy (non-hydrogen) atoms. The first-order valence-electron chi connectivity index (χ1n) is 11.4. The molecule has 2 aliphatic rings. The molecular formula is C24H32N6O2. The van der Waals surface area contributed by atoms with Crippen molar-refractivity contribution >= 4 is 22.9 Å². The highest BCUT2D eigenvalue weighted by atomic mass is 16.6. The van der Waals surface area contributed by atoms with Crippen LogP contribution in [0.2, 0.25) is 0 Å². The zero-order valence-corrected chi connectivity index (χ0v) is 18.4. The number of likely N-dealkylation sites (tertiary alicyclic amines) is 1. The maximum atomic E-state index is 13.0. The number of aromatic amines is 1. The van der Waals surface area contributed by atoms with E-state index in [1.165, 1.54) is 0 Å². The van der Waals surface area contributed by atoms with Crippen LogP contribution in [-0.4, -0.2) is 58.2 Å². The molecule has 4 rings (SSSR count). The molecule has 1 aliphatic carbocycles. The third-order valence-corrected chi connectivity index (χ3v) is 6.10. The minimum Gasteiger partial charge on any atom is -0.445 e. The molecule has 1 atom stereocenters. The highest BCUT2D eigenvalue weighted by Crippen LogP contribution is 2.22. The molecule has 0 spiro atoms. The Morgan fingerprint density at radius 2 is 2.22 bits per heavy atom. The molecule has 1 fully saturated rings. The van der Waals surface area contributed by atoms with Gasteiger partial charge in [-0.05, 0) is 42.9 Å². The Labute approximate surface area is 188 Å². The van der Waals surface area contributed by atoms with E-state index in [1.54, 1.807) is 6.33 Å². The topological polar surface area (TPSA) is 109 Å². The van der Waals surface area contributed by atoms with Gasteiger partial charge in [0.05, 0.1) is 5.39 Å². The first-order valence-corrected chi connectivity index (χ1v) is 11.4. The second kappa shape index (κ2) is 10.9. The first kappa shape index (κ1) is 22.1. The van der Waals surface area contributed by atoms with Crippen molar-refractivity contribution in [1.82, 2.24) is 19.9 Å². The Hall–Kier alpha value is -3.13. The van der Waals surface area contributed by atoms with Crippen LogP contribution < -0.4 is 11.1 Å². The molecule has 1 amide bonds. The molecule has 0 aromatic carbocycles. The van der Waals surface area contributed by atoms with Crippen LogP contribution in [0.1, 0.15) is 38.5 Å². The Morgan fingerprint density at radius 3 is 3.12 bits per heavy atom. The molecule has 8 nitrogen and oxygen atoms in total. The van der Waals surface area contributed by atoms with E-state index >= 15 is 0 Å². The number of allylic oxidation sites excluding steroid dienone is 3. The summed E-state index contributed by atoms with van der Waals surface area (Å²) in [5.41, 5.74) is 8.68. The van der Waals surface area contributed by atoms with Crippen molar-refractivity contribution in [3.63, 3.8) is 0 Å². The number of nitrogens with zero attached hydrogens (tertiary/aromatic N) is 3. The predicted octanol–water partition coefficient (Wildman–Crippen LogP) is 3.91. The second-order valence-corrected chi connectivity index (χ2v) is 8.31. The number of carbonyl (C=O) groups is 1. The second-order valence-electron chi connectivity index (χ2n) is 8.31. The number of H-pyrrole nitrogens is 1. The predicted molar refractivity (Wildman–Crippen MR) is 126 cm³/mol. The molecular weight excluding hydrogens is 404 g/mol. The number of hydrogen-bond donors (Lipinski definition) is 3. The molecule has 2 aromatic rings. The Kier molecular flexibility index (Phi) is 7.55. The Morgan fingerprint density at radius 1 is 1.28 bits per heavy atom. The SMILES string of the molecule is NCC1=CC=C(COC(=O)N2CCCCCC2CCNc2ncnc3[nH]ccc23)CC=C1. The van der Waals surface area contributed by atoms with Gasteiger partial charge in [-0.1, -0.05) is 37.1 Å². The van der Waals surface area contributed by atoms with Crippen molar-refractivity contribution in [3.8, 4) is 0 Å². The zero-order chi connectivity index (χ0) is 22.2. The van der Waals surface area contributed by atoms with Crippen molar-refractivity contribution < 1.29 is 9.53 Å². The van der Waals surface area contributed by atoms with Crippen LogP contribution in [0.5, 0.6) is 0 Å². The van der Waals surface area contributed by atoms with Gasteiger partial charge in [-0.15, -0.1) is 0 Å². The molecule has 3 heterocycles. The molecule has 2 aromatic heterocycles. The summed E-state index contributed by atoms with van der Waals surface area (Å²) in [6.07, 6.45) is 17.2. The lowest BCUT2D eigenvalue weighted by molar-refractivity contribution is 0.0921. The van der Waals surface area contributed by atoms with Crippen LogP contribution >= 0.6 is 0 Å². The molecule has 1 saturated heterocycles. The van der Waals surface area contributed by atoms with E-state index in [4.69, 9.17) is 10.5 Å². The molecule has 0 radical (unpaired) electrons. The van der Waals surface area contributed by atoms with Gasteiger partial charge in [-0.25, -0.2) is 14.8 Å². The van der Waals surface area contributed by atoms with Crippen LogP contribution in [-0.2, 0) is 4.74 Å². The number of fused-ring (bicyclic) bond motifs is 1. The van der Waals surface area contributed by atoms with Crippen LogP contribution in [0.25, 0.3) is 11.0 Å². The van der Waals surface area contributed by atoms with Gasteiger partial charge < -0.3 is 25.7 Å². The van der Waals surface area contributed by atoms with E-state index in [9.17, 15) is 4.79 Å². The van der Waals surface area contributed by atoms with Crippen LogP contribution in [0, 0.1) is 0 Å². The minimum absolute atomic E-state index is 0.160. The highest BCUT2D eigenvalue weighted by Gasteiger charge is 2.26. The van der Waals surface area contributed by atoms with Gasteiger partial charge in [0.15, 0.2) is 0 Å². The Bertz CT molecular complexity index is 1010. The molecule has 1 unspecified atom stereocenters. The third kappa shape index (κ3) is 5.56. The largest absolute Gasteiger partial charge is 0.445 e. The zero-order valence-electron chi connectivity index (χ0n) is 18.4. The van der Waals surface area contributed by atoms with E-state index in [0.717, 1.165) is 79.6 Å². The Balaban J connectivity index is 1.33. The lowest BCUT2D eigenvalue weighted by Crippen LogP contribution is -2.41. The van der Waals surface area contributed by atoms with Gasteiger partial charge in [0.2, 0.25) is 0 Å². The summed E-state index contributed by atoms with van der Waals surface area (Å²) in [6.45, 7) is 2.29. The normalized spacial score (nSPS) is 19.2. The van der Waals surface area contributed by atoms with Crippen LogP contribution in [0.15, 0.2) is 54.0 Å². The van der Waals surface area contributed by atoms with Crippen molar-refractivity contribution in [1.29, 1.82) is 0 Å². The quantitative estimate of drug-likeness (QED) is 0.607. The lowest BCUT2D eigenvalue weighted by atomic mass is 10.1. The molecule has 8 heteroatoms. The summed E-state index contributed by atoms with van der Waals surface area (Å²) in [5, 5.41) is 4.39. The van der Waals surface area contributed by atoms with Crippen molar-refractivity contribution in [2.75, 3.05) is 31.6 Å². The van der Waals surface area contributed by atoms with Gasteiger partial charge in [0, 0.05) is 31.9 Å². The maximum absolute atomic E-state index is 13.0. The first-order chi connectivity index (χ1) is 15.7.